The molecule has 5 nitrogen and oxygen atoms in total. The first-order valence-corrected chi connectivity index (χ1v) is 7.39. The van der Waals surface area contributed by atoms with E-state index in [1.807, 2.05) is 43.3 Å². The second-order valence-electron chi connectivity index (χ2n) is 6.18. The fourth-order valence-electron chi connectivity index (χ4n) is 3.85. The summed E-state index contributed by atoms with van der Waals surface area (Å²) in [5.41, 5.74) is 1.28. The van der Waals surface area contributed by atoms with Crippen molar-refractivity contribution >= 4 is 17.6 Å². The third kappa shape index (κ3) is 1.63. The first-order valence-electron chi connectivity index (χ1n) is 7.39. The van der Waals surface area contributed by atoms with Crippen LogP contribution in [-0.2, 0) is 19.1 Å². The van der Waals surface area contributed by atoms with Gasteiger partial charge in [-0.2, -0.15) is 0 Å². The van der Waals surface area contributed by atoms with E-state index in [1.165, 1.54) is 7.11 Å². The number of anilines is 1. The van der Waals surface area contributed by atoms with Gasteiger partial charge < -0.3 is 14.4 Å². The zero-order chi connectivity index (χ0) is 15.5. The third-order valence-corrected chi connectivity index (χ3v) is 4.92. The number of hydrogen-bond donors (Lipinski definition) is 0. The summed E-state index contributed by atoms with van der Waals surface area (Å²) in [6, 6.07) is 7.79. The van der Waals surface area contributed by atoms with Crippen LogP contribution in [0, 0.1) is 18.8 Å². The normalized spacial score (nSPS) is 35.1. The summed E-state index contributed by atoms with van der Waals surface area (Å²) in [7, 11) is 1.35. The molecule has 4 rings (SSSR count). The molecule has 3 aliphatic rings. The first kappa shape index (κ1) is 13.5. The molecule has 2 bridgehead atoms. The lowest BCUT2D eigenvalue weighted by molar-refractivity contribution is -0.149. The molecule has 3 heterocycles. The predicted molar refractivity (Wildman–Crippen MR) is 79.3 cm³/mol. The van der Waals surface area contributed by atoms with Gasteiger partial charge in [0.2, 0.25) is 5.91 Å². The molecule has 2 unspecified atom stereocenters. The number of nitrogens with zero attached hydrogens (tertiary/aromatic N) is 1. The summed E-state index contributed by atoms with van der Waals surface area (Å²) in [6.45, 7) is 2.45. The van der Waals surface area contributed by atoms with E-state index < -0.39 is 17.4 Å². The van der Waals surface area contributed by atoms with Crippen LogP contribution < -0.4 is 4.90 Å². The fraction of sp³-hybridized carbons (Fsp3) is 0.412. The van der Waals surface area contributed by atoms with Crippen LogP contribution in [0.15, 0.2) is 36.4 Å². The van der Waals surface area contributed by atoms with Gasteiger partial charge in [-0.15, -0.1) is 0 Å². The van der Waals surface area contributed by atoms with E-state index in [4.69, 9.17) is 9.47 Å². The Labute approximate surface area is 128 Å². The van der Waals surface area contributed by atoms with Gasteiger partial charge in [-0.3, -0.25) is 9.59 Å². The SMILES string of the molecule is COC(=O)C1C2C(=O)N(c3ccc(C)cc3)C[C@]23C=C[C@H]1O3. The number of esters is 1. The maximum Gasteiger partial charge on any atom is 0.312 e. The van der Waals surface area contributed by atoms with E-state index in [0.29, 0.717) is 6.54 Å². The molecule has 0 radical (unpaired) electrons. The Morgan fingerprint density at radius 2 is 2.09 bits per heavy atom. The van der Waals surface area contributed by atoms with E-state index >= 15 is 0 Å². The molecule has 0 saturated carbocycles. The maximum absolute atomic E-state index is 12.9. The number of carbonyl (C=O) groups is 2. The molecular weight excluding hydrogens is 282 g/mol. The molecule has 1 aromatic rings. The highest BCUT2D eigenvalue weighted by atomic mass is 16.5. The molecule has 5 heteroatoms. The minimum Gasteiger partial charge on any atom is -0.469 e. The van der Waals surface area contributed by atoms with Gasteiger partial charge in [0, 0.05) is 5.69 Å². The molecule has 0 aromatic heterocycles. The minimum atomic E-state index is -0.689. The van der Waals surface area contributed by atoms with E-state index in [0.717, 1.165) is 11.3 Å². The highest BCUT2D eigenvalue weighted by molar-refractivity contribution is 6.02. The Bertz CT molecular complexity index is 680. The summed E-state index contributed by atoms with van der Waals surface area (Å²) in [6.07, 6.45) is 3.47. The van der Waals surface area contributed by atoms with Crippen molar-refractivity contribution in [3.05, 3.63) is 42.0 Å². The predicted octanol–water partition coefficient (Wildman–Crippen LogP) is 1.45. The molecule has 0 N–H and O–H groups in total. The van der Waals surface area contributed by atoms with Crippen LogP contribution in [0.25, 0.3) is 0 Å². The van der Waals surface area contributed by atoms with E-state index in [9.17, 15) is 9.59 Å². The number of fused-ring (bicyclic) bond motifs is 1. The summed E-state index contributed by atoms with van der Waals surface area (Å²) < 4.78 is 10.9. The van der Waals surface area contributed by atoms with Gasteiger partial charge in [-0.25, -0.2) is 0 Å². The van der Waals surface area contributed by atoms with Crippen molar-refractivity contribution in [1.29, 1.82) is 0 Å². The van der Waals surface area contributed by atoms with Crippen molar-refractivity contribution in [2.24, 2.45) is 11.8 Å². The summed E-state index contributed by atoms with van der Waals surface area (Å²) in [5.74, 6) is -1.47. The zero-order valence-corrected chi connectivity index (χ0v) is 12.5. The largest absolute Gasteiger partial charge is 0.469 e. The first-order chi connectivity index (χ1) is 10.6. The zero-order valence-electron chi connectivity index (χ0n) is 12.5. The molecule has 1 spiro atoms. The second kappa shape index (κ2) is 4.43. The molecular formula is C17H17NO4. The Kier molecular flexibility index (Phi) is 2.72. The minimum absolute atomic E-state index is 0.0638. The molecule has 1 amide bonds. The van der Waals surface area contributed by atoms with E-state index in [-0.39, 0.29) is 18.0 Å². The maximum atomic E-state index is 12.9. The lowest BCUT2D eigenvalue weighted by Gasteiger charge is -2.22. The van der Waals surface area contributed by atoms with Crippen LogP contribution in [0.4, 0.5) is 5.69 Å². The number of aryl methyl sites for hydroxylation is 1. The smallest absolute Gasteiger partial charge is 0.312 e. The number of carbonyl (C=O) groups excluding carboxylic acids is 2. The number of hydrogen-bond acceptors (Lipinski definition) is 4. The molecule has 114 valence electrons. The van der Waals surface area contributed by atoms with Crippen molar-refractivity contribution in [2.75, 3.05) is 18.6 Å². The average molecular weight is 299 g/mol. The number of methoxy groups -OCH3 is 1. The van der Waals surface area contributed by atoms with Crippen molar-refractivity contribution < 1.29 is 19.1 Å². The second-order valence-corrected chi connectivity index (χ2v) is 6.18. The van der Waals surface area contributed by atoms with Gasteiger partial charge in [0.25, 0.3) is 0 Å². The number of rotatable bonds is 2. The quantitative estimate of drug-likeness (QED) is 0.613. The molecule has 4 atom stereocenters. The van der Waals surface area contributed by atoms with Gasteiger partial charge in [-0.05, 0) is 19.1 Å². The van der Waals surface area contributed by atoms with Crippen LogP contribution in [0.3, 0.4) is 0 Å². The van der Waals surface area contributed by atoms with E-state index in [2.05, 4.69) is 0 Å². The lowest BCUT2D eigenvalue weighted by atomic mass is 9.77. The lowest BCUT2D eigenvalue weighted by Crippen LogP contribution is -2.39. The number of ether oxygens (including phenoxy) is 2. The van der Waals surface area contributed by atoms with Crippen LogP contribution in [-0.4, -0.2) is 37.2 Å². The van der Waals surface area contributed by atoms with Crippen molar-refractivity contribution in [2.45, 2.75) is 18.6 Å². The number of benzene rings is 1. The highest BCUT2D eigenvalue weighted by Crippen LogP contribution is 2.52. The van der Waals surface area contributed by atoms with Crippen LogP contribution in [0.2, 0.25) is 0 Å². The van der Waals surface area contributed by atoms with Gasteiger partial charge >= 0.3 is 5.97 Å². The van der Waals surface area contributed by atoms with Gasteiger partial charge in [0.1, 0.15) is 11.5 Å². The van der Waals surface area contributed by atoms with Crippen molar-refractivity contribution in [3.63, 3.8) is 0 Å². The molecule has 1 aromatic carbocycles. The standard InChI is InChI=1S/C17H17NO4/c1-10-3-5-11(6-4-10)18-9-17-8-7-12(22-17)13(16(20)21-2)14(17)15(18)19/h3-8,12-14H,9H2,1-2H3/t12-,13?,14?,17-/m1/s1. The van der Waals surface area contributed by atoms with E-state index in [1.54, 1.807) is 4.90 Å². The highest BCUT2D eigenvalue weighted by Gasteiger charge is 2.67. The third-order valence-electron chi connectivity index (χ3n) is 4.92. The molecule has 0 aliphatic carbocycles. The molecule has 2 saturated heterocycles. The van der Waals surface area contributed by atoms with Crippen LogP contribution >= 0.6 is 0 Å². The molecule has 3 aliphatic heterocycles. The Hall–Kier alpha value is -2.14. The Morgan fingerprint density at radius 1 is 1.36 bits per heavy atom. The monoisotopic (exact) mass is 299 g/mol. The van der Waals surface area contributed by atoms with Gasteiger partial charge in [0.15, 0.2) is 0 Å². The van der Waals surface area contributed by atoms with Gasteiger partial charge in [0.05, 0.1) is 25.7 Å². The number of amides is 1. The van der Waals surface area contributed by atoms with Crippen molar-refractivity contribution in [3.8, 4) is 0 Å². The summed E-state index contributed by atoms with van der Waals surface area (Å²) in [5, 5.41) is 0. The van der Waals surface area contributed by atoms with Gasteiger partial charge in [-0.1, -0.05) is 29.8 Å². The van der Waals surface area contributed by atoms with Crippen LogP contribution in [0.5, 0.6) is 0 Å². The Morgan fingerprint density at radius 3 is 2.77 bits per heavy atom. The molecule has 22 heavy (non-hydrogen) atoms. The van der Waals surface area contributed by atoms with Crippen LogP contribution in [0.1, 0.15) is 5.56 Å². The summed E-state index contributed by atoms with van der Waals surface area (Å²) in [4.78, 5) is 26.7. The average Bonchev–Trinajstić information content (AvgIpc) is 3.16. The topological polar surface area (TPSA) is 55.8 Å². The van der Waals surface area contributed by atoms with Crippen molar-refractivity contribution in [1.82, 2.24) is 0 Å². The Balaban J connectivity index is 1.71. The molecule has 2 fully saturated rings. The fourth-order valence-corrected chi connectivity index (χ4v) is 3.85. The summed E-state index contributed by atoms with van der Waals surface area (Å²) >= 11 is 0.